The van der Waals surface area contributed by atoms with Gasteiger partial charge in [-0.25, -0.2) is 0 Å². The van der Waals surface area contributed by atoms with E-state index in [0.29, 0.717) is 6.07 Å². The number of halogens is 12. The average Bonchev–Trinajstić information content (AvgIpc) is 2.36. The fourth-order valence-corrected chi connectivity index (χ4v) is 2.18. The molecular formula is C11H4F11I. The Labute approximate surface area is 134 Å². The first-order valence-electron chi connectivity index (χ1n) is 5.35. The van der Waals surface area contributed by atoms with Crippen molar-refractivity contribution >= 4 is 22.6 Å². The maximum absolute atomic E-state index is 13.7. The fourth-order valence-electron chi connectivity index (χ4n) is 1.46. The highest BCUT2D eigenvalue weighted by atomic mass is 127. The van der Waals surface area contributed by atoms with Crippen LogP contribution in [0.5, 0.6) is 0 Å². The third-order valence-corrected chi connectivity index (χ3v) is 3.69. The topological polar surface area (TPSA) is 0 Å². The Balaban J connectivity index is 3.53. The van der Waals surface area contributed by atoms with Crippen LogP contribution >= 0.6 is 22.6 Å². The molecule has 0 spiro atoms. The van der Waals surface area contributed by atoms with E-state index in [9.17, 15) is 48.3 Å². The van der Waals surface area contributed by atoms with Gasteiger partial charge in [0.25, 0.3) is 0 Å². The lowest BCUT2D eigenvalue weighted by atomic mass is 9.93. The van der Waals surface area contributed by atoms with Crippen molar-refractivity contribution in [2.75, 3.05) is 0 Å². The molecule has 132 valence electrons. The van der Waals surface area contributed by atoms with Crippen molar-refractivity contribution in [3.8, 4) is 0 Å². The van der Waals surface area contributed by atoms with Gasteiger partial charge in [-0.2, -0.15) is 48.3 Å². The minimum Gasteiger partial charge on any atom is -0.194 e. The molecule has 12 heteroatoms. The molecule has 1 rings (SSSR count). The van der Waals surface area contributed by atoms with Crippen molar-refractivity contribution < 1.29 is 48.3 Å². The molecule has 0 radical (unpaired) electrons. The Bertz CT molecular complexity index is 576. The number of rotatable bonds is 4. The lowest BCUT2D eigenvalue weighted by Crippen LogP contribution is -2.65. The zero-order chi connectivity index (χ0) is 18.5. The normalized spacial score (nSPS) is 15.0. The van der Waals surface area contributed by atoms with Gasteiger partial charge in [-0.1, -0.05) is 18.2 Å². The average molecular weight is 472 g/mol. The van der Waals surface area contributed by atoms with Gasteiger partial charge in [0.05, 0.1) is 0 Å². The molecule has 0 aliphatic carbocycles. The van der Waals surface area contributed by atoms with Crippen molar-refractivity contribution in [1.82, 2.24) is 0 Å². The molecule has 0 aliphatic rings. The summed E-state index contributed by atoms with van der Waals surface area (Å²) in [7, 11) is 0. The first kappa shape index (κ1) is 20.2. The Morgan fingerprint density at radius 2 is 1.04 bits per heavy atom. The summed E-state index contributed by atoms with van der Waals surface area (Å²) in [6.07, 6.45) is -7.15. The smallest absolute Gasteiger partial charge is 0.194 e. The van der Waals surface area contributed by atoms with E-state index in [0.717, 1.165) is 34.7 Å². The second-order valence-electron chi connectivity index (χ2n) is 4.28. The van der Waals surface area contributed by atoms with Crippen LogP contribution in [0.25, 0.3) is 0 Å². The molecule has 0 nitrogen and oxygen atoms in total. The molecule has 0 N–H and O–H groups in total. The van der Waals surface area contributed by atoms with Crippen LogP contribution in [0.2, 0.25) is 0 Å². The van der Waals surface area contributed by atoms with Gasteiger partial charge in [-0.15, -0.1) is 0 Å². The molecule has 0 unspecified atom stereocenters. The van der Waals surface area contributed by atoms with Gasteiger partial charge in [0.1, 0.15) is 0 Å². The lowest BCUT2D eigenvalue weighted by Gasteiger charge is -2.37. The predicted octanol–water partition coefficient (Wildman–Crippen LogP) is 5.85. The molecule has 0 atom stereocenters. The van der Waals surface area contributed by atoms with Gasteiger partial charge in [0.2, 0.25) is 0 Å². The Kier molecular flexibility index (Phi) is 4.94. The van der Waals surface area contributed by atoms with Crippen LogP contribution in [0.15, 0.2) is 24.3 Å². The van der Waals surface area contributed by atoms with Crippen LogP contribution < -0.4 is 0 Å². The third-order valence-electron chi connectivity index (χ3n) is 2.75. The summed E-state index contributed by atoms with van der Waals surface area (Å²) >= 11 is 1.02. The van der Waals surface area contributed by atoms with Gasteiger partial charge in [0.15, 0.2) is 0 Å². The number of benzene rings is 1. The van der Waals surface area contributed by atoms with Crippen LogP contribution in [0.1, 0.15) is 5.56 Å². The van der Waals surface area contributed by atoms with Gasteiger partial charge < -0.3 is 0 Å². The predicted molar refractivity (Wildman–Crippen MR) is 63.9 cm³/mol. The summed E-state index contributed by atoms with van der Waals surface area (Å²) in [5.41, 5.74) is -1.80. The van der Waals surface area contributed by atoms with Crippen molar-refractivity contribution in [3.63, 3.8) is 0 Å². The maximum atomic E-state index is 13.7. The largest absolute Gasteiger partial charge is 0.460 e. The quantitative estimate of drug-likeness (QED) is 0.381. The Morgan fingerprint density at radius 1 is 0.609 bits per heavy atom. The number of hydrogen-bond acceptors (Lipinski definition) is 0. The monoisotopic (exact) mass is 472 g/mol. The molecular weight excluding hydrogens is 468 g/mol. The zero-order valence-corrected chi connectivity index (χ0v) is 12.5. The van der Waals surface area contributed by atoms with Gasteiger partial charge in [-0.05, 0) is 28.7 Å². The first-order valence-corrected chi connectivity index (χ1v) is 6.42. The molecule has 0 saturated heterocycles. The molecule has 0 fully saturated rings. The van der Waals surface area contributed by atoms with Gasteiger partial charge >= 0.3 is 29.9 Å². The second-order valence-corrected chi connectivity index (χ2v) is 5.44. The summed E-state index contributed by atoms with van der Waals surface area (Å²) in [5, 5.41) is 0. The molecule has 1 aromatic carbocycles. The molecule has 0 heterocycles. The van der Waals surface area contributed by atoms with Crippen LogP contribution in [0.4, 0.5) is 48.3 Å². The molecule has 0 bridgehead atoms. The highest BCUT2D eigenvalue weighted by Gasteiger charge is 2.87. The second kappa shape index (κ2) is 5.62. The van der Waals surface area contributed by atoms with E-state index in [-0.39, 0.29) is 6.07 Å². The summed E-state index contributed by atoms with van der Waals surface area (Å²) < 4.78 is 141. The van der Waals surface area contributed by atoms with E-state index in [2.05, 4.69) is 0 Å². The fraction of sp³-hybridized carbons (Fsp3) is 0.455. The third kappa shape index (κ3) is 2.86. The van der Waals surface area contributed by atoms with Crippen LogP contribution in [0, 0.1) is 3.57 Å². The Morgan fingerprint density at radius 3 is 1.43 bits per heavy atom. The molecule has 1 aromatic rings. The minimum atomic E-state index is -7.39. The van der Waals surface area contributed by atoms with Gasteiger partial charge in [0, 0.05) is 9.13 Å². The van der Waals surface area contributed by atoms with E-state index in [4.69, 9.17) is 0 Å². The van der Waals surface area contributed by atoms with Crippen molar-refractivity contribution in [2.45, 2.75) is 29.9 Å². The van der Waals surface area contributed by atoms with Gasteiger partial charge in [-0.3, -0.25) is 0 Å². The van der Waals surface area contributed by atoms with E-state index in [1.54, 1.807) is 0 Å². The molecule has 0 aromatic heterocycles. The standard InChI is InChI=1S/C11H4F11I/c12-7(13,5-3-1-2-4-6(5)23)8(14,15)9(16,17)10(18,19)11(20,21)22/h1-4H. The SMILES string of the molecule is FC(F)(F)C(F)(F)C(F)(F)C(F)(F)C(F)(F)c1ccccc1I. The summed E-state index contributed by atoms with van der Waals surface area (Å²) in [5.74, 6) is -27.8. The minimum absolute atomic E-state index is 0.220. The van der Waals surface area contributed by atoms with Crippen molar-refractivity contribution in [3.05, 3.63) is 33.4 Å². The van der Waals surface area contributed by atoms with Crippen LogP contribution in [-0.4, -0.2) is 23.9 Å². The van der Waals surface area contributed by atoms with E-state index in [1.165, 1.54) is 0 Å². The van der Waals surface area contributed by atoms with E-state index in [1.807, 2.05) is 0 Å². The highest BCUT2D eigenvalue weighted by molar-refractivity contribution is 14.1. The summed E-state index contributed by atoms with van der Waals surface area (Å²) in [6.45, 7) is 0. The molecule has 23 heavy (non-hydrogen) atoms. The highest BCUT2D eigenvalue weighted by Crippen LogP contribution is 2.60. The number of hydrogen-bond donors (Lipinski definition) is 0. The van der Waals surface area contributed by atoms with Crippen LogP contribution in [-0.2, 0) is 5.92 Å². The number of alkyl halides is 11. The molecule has 0 aliphatic heterocycles. The van der Waals surface area contributed by atoms with Crippen molar-refractivity contribution in [1.29, 1.82) is 0 Å². The zero-order valence-electron chi connectivity index (χ0n) is 10.3. The molecule has 0 amide bonds. The summed E-state index contributed by atoms with van der Waals surface area (Å²) in [6, 6.07) is 2.74. The van der Waals surface area contributed by atoms with E-state index < -0.39 is 39.0 Å². The van der Waals surface area contributed by atoms with E-state index >= 15 is 0 Å². The van der Waals surface area contributed by atoms with Crippen LogP contribution in [0.3, 0.4) is 0 Å². The lowest BCUT2D eigenvalue weighted by molar-refractivity contribution is -0.424. The maximum Gasteiger partial charge on any atom is 0.460 e. The first-order chi connectivity index (χ1) is 10.0. The Hall–Kier alpha value is -0.820. The van der Waals surface area contributed by atoms with Crippen molar-refractivity contribution in [2.24, 2.45) is 0 Å². The molecule has 0 saturated carbocycles. The summed E-state index contributed by atoms with van der Waals surface area (Å²) in [4.78, 5) is 0.